The normalized spacial score (nSPS) is 18.9. The van der Waals surface area contributed by atoms with E-state index in [9.17, 15) is 9.59 Å². The summed E-state index contributed by atoms with van der Waals surface area (Å²) < 4.78 is 1.99. The molecule has 35 heavy (non-hydrogen) atoms. The lowest BCUT2D eigenvalue weighted by Crippen LogP contribution is -2.35. The Morgan fingerprint density at radius 2 is 1.83 bits per heavy atom. The number of likely N-dealkylation sites (tertiary alicyclic amines) is 1. The fourth-order valence-corrected chi connectivity index (χ4v) is 5.86. The molecule has 2 aromatic rings. The van der Waals surface area contributed by atoms with Crippen LogP contribution >= 0.6 is 35.0 Å². The molecular weight excluding hydrogens is 507 g/mol. The second kappa shape index (κ2) is 9.29. The highest BCUT2D eigenvalue weighted by Crippen LogP contribution is 2.32. The molecule has 11 heteroatoms. The summed E-state index contributed by atoms with van der Waals surface area (Å²) in [5, 5.41) is 16.3. The molecule has 0 atom stereocenters. The average molecular weight is 529 g/mol. The molecule has 8 nitrogen and oxygen atoms in total. The van der Waals surface area contributed by atoms with Gasteiger partial charge in [-0.2, -0.15) is 15.1 Å². The van der Waals surface area contributed by atoms with Gasteiger partial charge in [0, 0.05) is 40.2 Å². The predicted octanol–water partition coefficient (Wildman–Crippen LogP) is 5.03. The maximum Gasteiger partial charge on any atom is 0.283 e. The van der Waals surface area contributed by atoms with Crippen molar-refractivity contribution in [1.29, 1.82) is 5.41 Å². The lowest BCUT2D eigenvalue weighted by molar-refractivity contribution is -0.128. The van der Waals surface area contributed by atoms with Crippen LogP contribution in [0, 0.1) is 19.3 Å². The number of aryl methyl sites for hydroxylation is 1. The number of benzene rings is 1. The summed E-state index contributed by atoms with van der Waals surface area (Å²) in [4.78, 5) is 31.3. The van der Waals surface area contributed by atoms with E-state index in [2.05, 4.69) is 10.1 Å². The van der Waals surface area contributed by atoms with Crippen molar-refractivity contribution in [3.63, 3.8) is 0 Å². The number of hydrogen-bond acceptors (Lipinski definition) is 5. The minimum atomic E-state index is -0.508. The standard InChI is InChI=1S/C24H22Cl2N6O2S/c1-13-7-15(14(2)31(13)18-10-16(25)9-17(26)11-18)8-19-22(27)32-24(28-23(19)34)35-20(29-32)12-21(33)30-5-3-4-6-30/h7-11,27H,3-6,12H2,1-2H3/b19-8+,27-22?. The van der Waals surface area contributed by atoms with Crippen LogP contribution in [0.4, 0.5) is 0 Å². The van der Waals surface area contributed by atoms with Gasteiger partial charge in [-0.25, -0.2) is 0 Å². The number of aliphatic imine (C=N–C) groups is 1. The topological polar surface area (TPSA) is 94.1 Å². The van der Waals surface area contributed by atoms with Crippen LogP contribution in [0.15, 0.2) is 39.9 Å². The first-order valence-corrected chi connectivity index (χ1v) is 12.7. The highest BCUT2D eigenvalue weighted by molar-refractivity contribution is 8.27. The quantitative estimate of drug-likeness (QED) is 0.562. The van der Waals surface area contributed by atoms with Gasteiger partial charge in [0.15, 0.2) is 5.84 Å². The minimum Gasteiger partial charge on any atom is -0.342 e. The first kappa shape index (κ1) is 23.8. The van der Waals surface area contributed by atoms with E-state index in [1.54, 1.807) is 12.1 Å². The van der Waals surface area contributed by atoms with Crippen LogP contribution in [0.2, 0.25) is 10.0 Å². The molecule has 1 N–H and O–H groups in total. The third kappa shape index (κ3) is 4.55. The zero-order chi connectivity index (χ0) is 24.9. The third-order valence-electron chi connectivity index (χ3n) is 6.13. The van der Waals surface area contributed by atoms with E-state index in [4.69, 9.17) is 28.6 Å². The molecular formula is C24H22Cl2N6O2S. The van der Waals surface area contributed by atoms with Crippen molar-refractivity contribution in [2.75, 3.05) is 13.1 Å². The van der Waals surface area contributed by atoms with Gasteiger partial charge in [0.25, 0.3) is 5.91 Å². The Kier molecular flexibility index (Phi) is 6.33. The number of nitrogens with one attached hydrogen (secondary N) is 1. The summed E-state index contributed by atoms with van der Waals surface area (Å²) in [6, 6.07) is 7.23. The average Bonchev–Trinajstić information content (AvgIpc) is 3.50. The molecule has 1 aromatic carbocycles. The van der Waals surface area contributed by atoms with Crippen LogP contribution in [0.1, 0.15) is 36.2 Å². The number of hydrogen-bond donors (Lipinski definition) is 1. The molecule has 3 aliphatic rings. The number of hydrazone groups is 1. The number of rotatable bonds is 4. The SMILES string of the molecule is Cc1cc(/C=C2\C(=N)N3N=C(CC(=O)N4CCCC4)SC3=NC2=O)c(C)n1-c1cc(Cl)cc(Cl)c1. The van der Waals surface area contributed by atoms with E-state index >= 15 is 0 Å². The van der Waals surface area contributed by atoms with Crippen molar-refractivity contribution in [2.45, 2.75) is 33.1 Å². The molecule has 5 rings (SSSR count). The van der Waals surface area contributed by atoms with Crippen molar-refractivity contribution in [1.82, 2.24) is 14.5 Å². The van der Waals surface area contributed by atoms with Gasteiger partial charge in [0.1, 0.15) is 5.04 Å². The number of nitrogens with zero attached hydrogens (tertiary/aromatic N) is 5. The molecule has 0 radical (unpaired) electrons. The maximum atomic E-state index is 12.8. The van der Waals surface area contributed by atoms with Crippen molar-refractivity contribution >= 4 is 68.9 Å². The van der Waals surface area contributed by atoms with Gasteiger partial charge in [-0.05, 0) is 74.4 Å². The van der Waals surface area contributed by atoms with E-state index in [1.165, 1.54) is 16.8 Å². The number of amidine groups is 2. The molecule has 0 unspecified atom stereocenters. The van der Waals surface area contributed by atoms with Crippen LogP contribution in [0.25, 0.3) is 11.8 Å². The summed E-state index contributed by atoms with van der Waals surface area (Å²) >= 11 is 13.6. The van der Waals surface area contributed by atoms with Gasteiger partial charge in [0.05, 0.1) is 12.0 Å². The monoisotopic (exact) mass is 528 g/mol. The number of carbonyl (C=O) groups is 2. The van der Waals surface area contributed by atoms with Crippen LogP contribution in [-0.4, -0.2) is 55.4 Å². The zero-order valence-electron chi connectivity index (χ0n) is 19.1. The van der Waals surface area contributed by atoms with E-state index in [0.29, 0.717) is 20.3 Å². The summed E-state index contributed by atoms with van der Waals surface area (Å²) in [5.41, 5.74) is 3.49. The van der Waals surface area contributed by atoms with Gasteiger partial charge in [-0.1, -0.05) is 23.2 Å². The van der Waals surface area contributed by atoms with Crippen LogP contribution in [0.3, 0.4) is 0 Å². The summed E-state index contributed by atoms with van der Waals surface area (Å²) in [6.45, 7) is 5.40. The number of halogens is 2. The summed E-state index contributed by atoms with van der Waals surface area (Å²) in [5.74, 6) is -0.560. The van der Waals surface area contributed by atoms with Crippen LogP contribution in [-0.2, 0) is 9.59 Å². The Balaban J connectivity index is 1.43. The zero-order valence-corrected chi connectivity index (χ0v) is 21.5. The van der Waals surface area contributed by atoms with E-state index in [1.807, 2.05) is 41.5 Å². The van der Waals surface area contributed by atoms with Crippen molar-refractivity contribution < 1.29 is 9.59 Å². The lowest BCUT2D eigenvalue weighted by atomic mass is 10.1. The largest absolute Gasteiger partial charge is 0.342 e. The van der Waals surface area contributed by atoms with Gasteiger partial charge < -0.3 is 9.47 Å². The summed E-state index contributed by atoms with van der Waals surface area (Å²) in [6.07, 6.45) is 3.83. The highest BCUT2D eigenvalue weighted by Gasteiger charge is 2.36. The maximum absolute atomic E-state index is 12.8. The Morgan fingerprint density at radius 3 is 2.51 bits per heavy atom. The van der Waals surface area contributed by atoms with Gasteiger partial charge in [0.2, 0.25) is 11.1 Å². The van der Waals surface area contributed by atoms with Gasteiger partial charge >= 0.3 is 0 Å². The molecule has 3 aliphatic heterocycles. The molecule has 180 valence electrons. The smallest absolute Gasteiger partial charge is 0.283 e. The molecule has 1 fully saturated rings. The Bertz CT molecular complexity index is 1350. The Morgan fingerprint density at radius 1 is 1.14 bits per heavy atom. The fourth-order valence-electron chi connectivity index (χ4n) is 4.47. The molecule has 1 aromatic heterocycles. The molecule has 4 heterocycles. The first-order valence-electron chi connectivity index (χ1n) is 11.1. The second-order valence-corrected chi connectivity index (χ2v) is 10.5. The van der Waals surface area contributed by atoms with Crippen molar-refractivity contribution in [3.8, 4) is 5.69 Å². The van der Waals surface area contributed by atoms with E-state index in [0.717, 1.165) is 48.6 Å². The minimum absolute atomic E-state index is 0.0105. The lowest BCUT2D eigenvalue weighted by Gasteiger charge is -2.20. The van der Waals surface area contributed by atoms with Crippen LogP contribution < -0.4 is 0 Å². The second-order valence-electron chi connectivity index (χ2n) is 8.57. The summed E-state index contributed by atoms with van der Waals surface area (Å²) in [7, 11) is 0. The predicted molar refractivity (Wildman–Crippen MR) is 141 cm³/mol. The van der Waals surface area contributed by atoms with Crippen molar-refractivity contribution in [3.05, 3.63) is 56.8 Å². The first-order chi connectivity index (χ1) is 16.7. The Hall–Kier alpha value is -2.88. The molecule has 1 saturated heterocycles. The van der Waals surface area contributed by atoms with E-state index in [-0.39, 0.29) is 23.7 Å². The van der Waals surface area contributed by atoms with Gasteiger partial charge in [-0.3, -0.25) is 15.0 Å². The number of amides is 2. The third-order valence-corrected chi connectivity index (χ3v) is 7.48. The molecule has 2 amide bonds. The number of fused-ring (bicyclic) bond motifs is 1. The fraction of sp³-hybridized carbons (Fsp3) is 0.292. The van der Waals surface area contributed by atoms with Crippen LogP contribution in [0.5, 0.6) is 0 Å². The molecule has 0 aliphatic carbocycles. The number of carbonyl (C=O) groups excluding carboxylic acids is 2. The number of thioether (sulfide) groups is 1. The highest BCUT2D eigenvalue weighted by atomic mass is 35.5. The Labute approximate surface area is 216 Å². The molecule has 0 spiro atoms. The number of aromatic nitrogens is 1. The molecule has 0 bridgehead atoms. The van der Waals surface area contributed by atoms with Gasteiger partial charge in [-0.15, -0.1) is 0 Å². The van der Waals surface area contributed by atoms with E-state index < -0.39 is 5.91 Å². The molecule has 0 saturated carbocycles. The van der Waals surface area contributed by atoms with Crippen molar-refractivity contribution in [2.24, 2.45) is 10.1 Å².